The van der Waals surface area contributed by atoms with Gasteiger partial charge in [0.15, 0.2) is 0 Å². The van der Waals surface area contributed by atoms with Crippen LogP contribution in [0.15, 0.2) is 12.2 Å². The topological polar surface area (TPSA) is 12.0 Å². The van der Waals surface area contributed by atoms with Gasteiger partial charge in [-0.25, -0.2) is 0 Å². The lowest BCUT2D eigenvalue weighted by Crippen LogP contribution is -2.24. The van der Waals surface area contributed by atoms with Crippen LogP contribution >= 0.6 is 0 Å². The molecular formula is C8H17N. The second-order valence-corrected chi connectivity index (χ2v) is 2.26. The Morgan fingerprint density at radius 3 is 2.67 bits per heavy atom. The van der Waals surface area contributed by atoms with Gasteiger partial charge in [-0.15, -0.1) is 0 Å². The Kier molecular flexibility index (Phi) is 5.64. The average Bonchev–Trinajstić information content (AvgIpc) is 1.85. The molecule has 9 heavy (non-hydrogen) atoms. The summed E-state index contributed by atoms with van der Waals surface area (Å²) in [6.45, 7) is 7.45. The fraction of sp³-hybridized carbons (Fsp3) is 0.750. The first-order valence-corrected chi connectivity index (χ1v) is 3.65. The van der Waals surface area contributed by atoms with Crippen molar-refractivity contribution in [3.8, 4) is 0 Å². The molecule has 0 amide bonds. The summed E-state index contributed by atoms with van der Waals surface area (Å²) < 4.78 is 0. The molecule has 0 aromatic carbocycles. The standard InChI is InChI=1S/C8H17N/c1-4-6-7-8(3)9-5-2/h4,6,8-9H,5,7H2,1-3H3/b6-4-. The Labute approximate surface area is 58.2 Å². The van der Waals surface area contributed by atoms with Gasteiger partial charge in [0.05, 0.1) is 0 Å². The molecule has 0 heterocycles. The van der Waals surface area contributed by atoms with Gasteiger partial charge in [-0.1, -0.05) is 19.1 Å². The molecule has 1 atom stereocenters. The fourth-order valence-corrected chi connectivity index (χ4v) is 0.772. The van der Waals surface area contributed by atoms with Crippen molar-refractivity contribution in [2.75, 3.05) is 6.54 Å². The molecule has 1 nitrogen and oxygen atoms in total. The van der Waals surface area contributed by atoms with Crippen molar-refractivity contribution in [1.29, 1.82) is 0 Å². The number of hydrogen-bond acceptors (Lipinski definition) is 1. The normalized spacial score (nSPS) is 14.6. The first-order valence-electron chi connectivity index (χ1n) is 3.65. The third kappa shape index (κ3) is 5.57. The summed E-state index contributed by atoms with van der Waals surface area (Å²) in [7, 11) is 0. The molecule has 1 unspecified atom stereocenters. The minimum Gasteiger partial charge on any atom is -0.314 e. The van der Waals surface area contributed by atoms with Gasteiger partial charge in [0.25, 0.3) is 0 Å². The third-order valence-corrected chi connectivity index (χ3v) is 1.28. The molecule has 1 heteroatoms. The van der Waals surface area contributed by atoms with Crippen molar-refractivity contribution in [2.24, 2.45) is 0 Å². The number of hydrogen-bond donors (Lipinski definition) is 1. The quantitative estimate of drug-likeness (QED) is 0.569. The van der Waals surface area contributed by atoms with Crippen LogP contribution in [-0.2, 0) is 0 Å². The van der Waals surface area contributed by atoms with Crippen molar-refractivity contribution in [2.45, 2.75) is 33.2 Å². The van der Waals surface area contributed by atoms with Gasteiger partial charge in [0.1, 0.15) is 0 Å². The van der Waals surface area contributed by atoms with E-state index in [2.05, 4.69) is 38.2 Å². The highest BCUT2D eigenvalue weighted by Crippen LogP contribution is 1.90. The fourth-order valence-electron chi connectivity index (χ4n) is 0.772. The lowest BCUT2D eigenvalue weighted by Gasteiger charge is -2.07. The highest BCUT2D eigenvalue weighted by molar-refractivity contribution is 4.81. The first-order chi connectivity index (χ1) is 4.31. The van der Waals surface area contributed by atoms with Crippen LogP contribution in [-0.4, -0.2) is 12.6 Å². The molecule has 0 radical (unpaired) electrons. The van der Waals surface area contributed by atoms with E-state index in [9.17, 15) is 0 Å². The molecule has 0 fully saturated rings. The van der Waals surface area contributed by atoms with E-state index >= 15 is 0 Å². The Morgan fingerprint density at radius 2 is 2.22 bits per heavy atom. The van der Waals surface area contributed by atoms with Crippen molar-refractivity contribution in [3.05, 3.63) is 12.2 Å². The minimum absolute atomic E-state index is 0.631. The van der Waals surface area contributed by atoms with Crippen molar-refractivity contribution < 1.29 is 0 Å². The summed E-state index contributed by atoms with van der Waals surface area (Å²) in [4.78, 5) is 0. The molecular weight excluding hydrogens is 110 g/mol. The van der Waals surface area contributed by atoms with E-state index in [0.717, 1.165) is 13.0 Å². The second-order valence-electron chi connectivity index (χ2n) is 2.26. The van der Waals surface area contributed by atoms with E-state index in [1.807, 2.05) is 0 Å². The summed E-state index contributed by atoms with van der Waals surface area (Å²) >= 11 is 0. The molecule has 0 saturated carbocycles. The van der Waals surface area contributed by atoms with E-state index in [1.165, 1.54) is 0 Å². The van der Waals surface area contributed by atoms with Crippen LogP contribution in [0.2, 0.25) is 0 Å². The van der Waals surface area contributed by atoms with Crippen molar-refractivity contribution in [3.63, 3.8) is 0 Å². The molecule has 0 saturated heterocycles. The van der Waals surface area contributed by atoms with Crippen LogP contribution in [0.25, 0.3) is 0 Å². The lowest BCUT2D eigenvalue weighted by atomic mass is 10.2. The Bertz CT molecular complexity index is 76.6. The number of rotatable bonds is 4. The van der Waals surface area contributed by atoms with E-state index in [0.29, 0.717) is 6.04 Å². The van der Waals surface area contributed by atoms with Gasteiger partial charge < -0.3 is 5.32 Å². The summed E-state index contributed by atoms with van der Waals surface area (Å²) in [6.07, 6.45) is 5.42. The highest BCUT2D eigenvalue weighted by atomic mass is 14.9. The maximum atomic E-state index is 3.33. The SMILES string of the molecule is C/C=C\CC(C)NCC. The van der Waals surface area contributed by atoms with Crippen molar-refractivity contribution >= 4 is 0 Å². The molecule has 0 aromatic rings. The largest absolute Gasteiger partial charge is 0.314 e. The zero-order valence-corrected chi connectivity index (χ0v) is 6.65. The highest BCUT2D eigenvalue weighted by Gasteiger charge is 1.92. The first kappa shape index (κ1) is 8.70. The minimum atomic E-state index is 0.631. The van der Waals surface area contributed by atoms with Crippen LogP contribution in [0.1, 0.15) is 27.2 Å². The van der Waals surface area contributed by atoms with E-state index in [1.54, 1.807) is 0 Å². The summed E-state index contributed by atoms with van der Waals surface area (Å²) in [5.74, 6) is 0. The van der Waals surface area contributed by atoms with E-state index < -0.39 is 0 Å². The van der Waals surface area contributed by atoms with Crippen LogP contribution in [0.4, 0.5) is 0 Å². The van der Waals surface area contributed by atoms with Crippen LogP contribution < -0.4 is 5.32 Å². The van der Waals surface area contributed by atoms with Gasteiger partial charge >= 0.3 is 0 Å². The van der Waals surface area contributed by atoms with Crippen molar-refractivity contribution in [1.82, 2.24) is 5.32 Å². The molecule has 0 spiro atoms. The van der Waals surface area contributed by atoms with E-state index in [4.69, 9.17) is 0 Å². The Morgan fingerprint density at radius 1 is 1.56 bits per heavy atom. The maximum absolute atomic E-state index is 3.33. The van der Waals surface area contributed by atoms with Gasteiger partial charge in [0, 0.05) is 6.04 Å². The summed E-state index contributed by atoms with van der Waals surface area (Å²) in [5.41, 5.74) is 0. The molecule has 54 valence electrons. The molecule has 0 rings (SSSR count). The average molecular weight is 127 g/mol. The third-order valence-electron chi connectivity index (χ3n) is 1.28. The monoisotopic (exact) mass is 127 g/mol. The van der Waals surface area contributed by atoms with Gasteiger partial charge in [-0.2, -0.15) is 0 Å². The number of nitrogens with one attached hydrogen (secondary N) is 1. The van der Waals surface area contributed by atoms with Gasteiger partial charge in [-0.05, 0) is 26.8 Å². The zero-order chi connectivity index (χ0) is 7.11. The van der Waals surface area contributed by atoms with E-state index in [-0.39, 0.29) is 0 Å². The zero-order valence-electron chi connectivity index (χ0n) is 6.65. The molecule has 0 aliphatic carbocycles. The van der Waals surface area contributed by atoms with Crippen LogP contribution in [0, 0.1) is 0 Å². The molecule has 1 N–H and O–H groups in total. The summed E-state index contributed by atoms with van der Waals surface area (Å²) in [5, 5.41) is 3.33. The van der Waals surface area contributed by atoms with Crippen LogP contribution in [0.3, 0.4) is 0 Å². The number of allylic oxidation sites excluding steroid dienone is 1. The predicted molar refractivity (Wildman–Crippen MR) is 42.6 cm³/mol. The molecule has 0 aliphatic heterocycles. The molecule has 0 aromatic heterocycles. The Balaban J connectivity index is 3.15. The smallest absolute Gasteiger partial charge is 0.00731 e. The molecule has 0 aliphatic rings. The summed E-state index contributed by atoms with van der Waals surface area (Å²) in [6, 6.07) is 0.631. The van der Waals surface area contributed by atoms with Crippen LogP contribution in [0.5, 0.6) is 0 Å². The second kappa shape index (κ2) is 5.83. The predicted octanol–water partition coefficient (Wildman–Crippen LogP) is 1.95. The maximum Gasteiger partial charge on any atom is 0.00731 e. The van der Waals surface area contributed by atoms with Gasteiger partial charge in [0.2, 0.25) is 0 Å². The lowest BCUT2D eigenvalue weighted by molar-refractivity contribution is 0.574. The Hall–Kier alpha value is -0.300. The van der Waals surface area contributed by atoms with Gasteiger partial charge in [-0.3, -0.25) is 0 Å². The molecule has 0 bridgehead atoms.